The van der Waals surface area contributed by atoms with Crippen LogP contribution in [-0.4, -0.2) is 4.98 Å². The third-order valence-corrected chi connectivity index (χ3v) is 4.09. The third-order valence-electron chi connectivity index (χ3n) is 2.47. The van der Waals surface area contributed by atoms with Gasteiger partial charge in [0, 0.05) is 4.47 Å². The maximum Gasteiger partial charge on any atom is 0.188 e. The maximum atomic E-state index is 13.1. The molecule has 0 bridgehead atoms. The molecule has 0 unspecified atom stereocenters. The molecule has 0 aliphatic rings. The predicted molar refractivity (Wildman–Crippen MR) is 77.0 cm³/mol. The van der Waals surface area contributed by atoms with Crippen LogP contribution < -0.4 is 5.32 Å². The van der Waals surface area contributed by atoms with Crippen molar-refractivity contribution in [3.05, 3.63) is 52.8 Å². The van der Waals surface area contributed by atoms with Crippen molar-refractivity contribution in [1.82, 2.24) is 4.98 Å². The first-order valence-electron chi connectivity index (χ1n) is 5.30. The minimum Gasteiger partial charge on any atom is -0.331 e. The maximum absolute atomic E-state index is 13.1. The largest absolute Gasteiger partial charge is 0.331 e. The number of para-hydroxylation sites is 1. The zero-order chi connectivity index (χ0) is 12.5. The van der Waals surface area contributed by atoms with E-state index in [0.717, 1.165) is 25.5 Å². The molecule has 1 aromatic heterocycles. The Labute approximate surface area is 116 Å². The number of thiazole rings is 1. The van der Waals surface area contributed by atoms with Gasteiger partial charge in [-0.2, -0.15) is 0 Å². The van der Waals surface area contributed by atoms with Crippen molar-refractivity contribution in [1.29, 1.82) is 0 Å². The highest BCUT2D eigenvalue weighted by atomic mass is 79.9. The lowest BCUT2D eigenvalue weighted by molar-refractivity contribution is 0.630. The van der Waals surface area contributed by atoms with Crippen LogP contribution in [0.25, 0.3) is 10.2 Å². The lowest BCUT2D eigenvalue weighted by Crippen LogP contribution is -1.89. The van der Waals surface area contributed by atoms with E-state index in [-0.39, 0.29) is 5.82 Å². The number of benzene rings is 2. The van der Waals surface area contributed by atoms with Crippen molar-refractivity contribution in [2.75, 3.05) is 5.32 Å². The average Bonchev–Trinajstić information content (AvgIpc) is 2.73. The lowest BCUT2D eigenvalue weighted by Gasteiger charge is -2.03. The van der Waals surface area contributed by atoms with Gasteiger partial charge >= 0.3 is 0 Å². The Morgan fingerprint density at radius 2 is 2.00 bits per heavy atom. The number of aromatic nitrogens is 1. The standard InChI is InChI=1S/C13H8BrFN2S/c14-9-3-1-2-4-10(9)16-13-17-11-6-5-8(15)7-12(11)18-13/h1-7H,(H,16,17). The van der Waals surface area contributed by atoms with Crippen molar-refractivity contribution in [2.45, 2.75) is 0 Å². The van der Waals surface area contributed by atoms with E-state index in [1.807, 2.05) is 24.3 Å². The van der Waals surface area contributed by atoms with Crippen molar-refractivity contribution >= 4 is 48.3 Å². The minimum atomic E-state index is -0.237. The Morgan fingerprint density at radius 1 is 1.17 bits per heavy atom. The van der Waals surface area contributed by atoms with Gasteiger partial charge in [0.1, 0.15) is 5.82 Å². The van der Waals surface area contributed by atoms with Crippen LogP contribution in [0, 0.1) is 5.82 Å². The van der Waals surface area contributed by atoms with Gasteiger partial charge in [0.25, 0.3) is 0 Å². The summed E-state index contributed by atoms with van der Waals surface area (Å²) in [5.41, 5.74) is 1.74. The number of anilines is 2. The SMILES string of the molecule is Fc1ccc2nc(Nc3ccccc3Br)sc2c1. The molecule has 0 aliphatic carbocycles. The van der Waals surface area contributed by atoms with Gasteiger partial charge in [0.15, 0.2) is 5.13 Å². The molecule has 2 nitrogen and oxygen atoms in total. The summed E-state index contributed by atoms with van der Waals surface area (Å²) in [6, 6.07) is 12.4. The first-order valence-corrected chi connectivity index (χ1v) is 6.91. The molecule has 90 valence electrons. The van der Waals surface area contributed by atoms with Gasteiger partial charge in [-0.15, -0.1) is 0 Å². The molecular weight excluding hydrogens is 315 g/mol. The van der Waals surface area contributed by atoms with E-state index in [4.69, 9.17) is 0 Å². The summed E-state index contributed by atoms with van der Waals surface area (Å²) in [6.45, 7) is 0. The van der Waals surface area contributed by atoms with Crippen molar-refractivity contribution < 1.29 is 4.39 Å². The van der Waals surface area contributed by atoms with Gasteiger partial charge < -0.3 is 5.32 Å². The summed E-state index contributed by atoms with van der Waals surface area (Å²) < 4.78 is 14.9. The molecular formula is C13H8BrFN2S. The molecule has 3 aromatic rings. The van der Waals surface area contributed by atoms with E-state index < -0.39 is 0 Å². The highest BCUT2D eigenvalue weighted by molar-refractivity contribution is 9.10. The van der Waals surface area contributed by atoms with Gasteiger partial charge in [0.05, 0.1) is 15.9 Å². The second-order valence-corrected chi connectivity index (χ2v) is 5.62. The Morgan fingerprint density at radius 3 is 2.83 bits per heavy atom. The smallest absolute Gasteiger partial charge is 0.188 e. The van der Waals surface area contributed by atoms with Gasteiger partial charge in [-0.05, 0) is 46.3 Å². The van der Waals surface area contributed by atoms with E-state index in [0.29, 0.717) is 0 Å². The van der Waals surface area contributed by atoms with Gasteiger partial charge in [-0.3, -0.25) is 0 Å². The highest BCUT2D eigenvalue weighted by Gasteiger charge is 2.06. The number of hydrogen-bond acceptors (Lipinski definition) is 3. The number of nitrogens with one attached hydrogen (secondary N) is 1. The summed E-state index contributed by atoms with van der Waals surface area (Å²) in [4.78, 5) is 4.41. The van der Waals surface area contributed by atoms with Gasteiger partial charge in [-0.1, -0.05) is 23.5 Å². The quantitative estimate of drug-likeness (QED) is 0.722. The molecule has 2 aromatic carbocycles. The van der Waals surface area contributed by atoms with Crippen LogP contribution >= 0.6 is 27.3 Å². The molecule has 0 atom stereocenters. The van der Waals surface area contributed by atoms with Crippen LogP contribution in [0.4, 0.5) is 15.2 Å². The number of hydrogen-bond donors (Lipinski definition) is 1. The Hall–Kier alpha value is -1.46. The fourth-order valence-electron chi connectivity index (χ4n) is 1.63. The zero-order valence-electron chi connectivity index (χ0n) is 9.15. The Bertz CT molecular complexity index is 711. The third kappa shape index (κ3) is 2.23. The molecule has 1 heterocycles. The van der Waals surface area contributed by atoms with Crippen LogP contribution in [0.1, 0.15) is 0 Å². The van der Waals surface area contributed by atoms with E-state index in [9.17, 15) is 4.39 Å². The second-order valence-electron chi connectivity index (χ2n) is 3.74. The molecule has 0 aliphatic heterocycles. The second kappa shape index (κ2) is 4.66. The molecule has 0 spiro atoms. The lowest BCUT2D eigenvalue weighted by atomic mass is 10.3. The summed E-state index contributed by atoms with van der Waals surface area (Å²) in [7, 11) is 0. The topological polar surface area (TPSA) is 24.9 Å². The fourth-order valence-corrected chi connectivity index (χ4v) is 2.92. The predicted octanol–water partition coefficient (Wildman–Crippen LogP) is 4.94. The zero-order valence-corrected chi connectivity index (χ0v) is 11.6. The summed E-state index contributed by atoms with van der Waals surface area (Å²) in [6.07, 6.45) is 0. The van der Waals surface area contributed by atoms with Crippen LogP contribution in [0.5, 0.6) is 0 Å². The van der Waals surface area contributed by atoms with Crippen molar-refractivity contribution in [3.8, 4) is 0 Å². The van der Waals surface area contributed by atoms with Gasteiger partial charge in [-0.25, -0.2) is 9.37 Å². The summed E-state index contributed by atoms with van der Waals surface area (Å²) >= 11 is 4.90. The summed E-state index contributed by atoms with van der Waals surface area (Å²) in [5, 5.41) is 3.97. The molecule has 18 heavy (non-hydrogen) atoms. The van der Waals surface area contributed by atoms with Crippen molar-refractivity contribution in [3.63, 3.8) is 0 Å². The molecule has 0 saturated carbocycles. The first-order chi connectivity index (χ1) is 8.72. The molecule has 1 N–H and O–H groups in total. The molecule has 0 saturated heterocycles. The highest BCUT2D eigenvalue weighted by Crippen LogP contribution is 2.31. The molecule has 0 fully saturated rings. The van der Waals surface area contributed by atoms with E-state index in [1.54, 1.807) is 6.07 Å². The van der Waals surface area contributed by atoms with E-state index in [1.165, 1.54) is 23.5 Å². The number of nitrogens with zero attached hydrogens (tertiary/aromatic N) is 1. The number of halogens is 2. The molecule has 3 rings (SSSR count). The first kappa shape index (κ1) is 11.6. The Kier molecular flexibility index (Phi) is 3.01. The fraction of sp³-hybridized carbons (Fsp3) is 0. The summed E-state index contributed by atoms with van der Waals surface area (Å²) in [5.74, 6) is -0.237. The van der Waals surface area contributed by atoms with Crippen LogP contribution in [0.3, 0.4) is 0 Å². The van der Waals surface area contributed by atoms with Crippen LogP contribution in [0.15, 0.2) is 46.9 Å². The molecule has 0 radical (unpaired) electrons. The molecule has 5 heteroatoms. The Balaban J connectivity index is 1.98. The van der Waals surface area contributed by atoms with E-state index >= 15 is 0 Å². The minimum absolute atomic E-state index is 0.237. The van der Waals surface area contributed by atoms with Crippen molar-refractivity contribution in [2.24, 2.45) is 0 Å². The normalized spacial score (nSPS) is 10.8. The molecule has 0 amide bonds. The van der Waals surface area contributed by atoms with Crippen LogP contribution in [-0.2, 0) is 0 Å². The average molecular weight is 323 g/mol. The number of fused-ring (bicyclic) bond motifs is 1. The van der Waals surface area contributed by atoms with E-state index in [2.05, 4.69) is 26.2 Å². The van der Waals surface area contributed by atoms with Crippen LogP contribution in [0.2, 0.25) is 0 Å². The monoisotopic (exact) mass is 322 g/mol. The van der Waals surface area contributed by atoms with Gasteiger partial charge in [0.2, 0.25) is 0 Å². The number of rotatable bonds is 2.